The quantitative estimate of drug-likeness (QED) is 0.476. The van der Waals surface area contributed by atoms with Gasteiger partial charge < -0.3 is 10.6 Å². The number of rotatable bonds is 6. The molecule has 8 heteroatoms. The number of thiazole rings is 1. The summed E-state index contributed by atoms with van der Waals surface area (Å²) in [6, 6.07) is 15.0. The minimum atomic E-state index is -0.325. The highest BCUT2D eigenvalue weighted by Crippen LogP contribution is 2.25. The zero-order chi connectivity index (χ0) is 21.8. The molecule has 2 N–H and O–H groups in total. The second-order valence-corrected chi connectivity index (χ2v) is 7.75. The van der Waals surface area contributed by atoms with Crippen molar-refractivity contribution >= 4 is 28.8 Å². The van der Waals surface area contributed by atoms with Gasteiger partial charge in [0.05, 0.1) is 11.9 Å². The van der Waals surface area contributed by atoms with Crippen molar-refractivity contribution in [3.63, 3.8) is 0 Å². The van der Waals surface area contributed by atoms with Crippen molar-refractivity contribution in [2.24, 2.45) is 0 Å². The van der Waals surface area contributed by atoms with Crippen molar-refractivity contribution in [2.45, 2.75) is 13.8 Å². The van der Waals surface area contributed by atoms with Gasteiger partial charge in [-0.2, -0.15) is 5.10 Å². The third-order valence-electron chi connectivity index (χ3n) is 4.67. The van der Waals surface area contributed by atoms with E-state index in [1.807, 2.05) is 56.4 Å². The Balaban J connectivity index is 1.51. The van der Waals surface area contributed by atoms with E-state index in [0.29, 0.717) is 28.5 Å². The molecule has 0 aliphatic heterocycles. The second kappa shape index (κ2) is 8.93. The van der Waals surface area contributed by atoms with Crippen LogP contribution in [0.3, 0.4) is 0 Å². The summed E-state index contributed by atoms with van der Waals surface area (Å²) in [5.41, 5.74) is 4.04. The molecule has 0 aliphatic carbocycles. The van der Waals surface area contributed by atoms with Crippen LogP contribution in [0.1, 0.15) is 33.3 Å². The van der Waals surface area contributed by atoms with Crippen molar-refractivity contribution < 1.29 is 9.59 Å². The first kappa shape index (κ1) is 20.5. The van der Waals surface area contributed by atoms with Gasteiger partial charge in [0.15, 0.2) is 0 Å². The summed E-state index contributed by atoms with van der Waals surface area (Å²) >= 11 is 1.38. The molecule has 2 aromatic carbocycles. The molecule has 2 amide bonds. The highest BCUT2D eigenvalue weighted by molar-refractivity contribution is 7.13. The minimum Gasteiger partial charge on any atom is -0.352 e. The SMILES string of the molecule is CCNC(=O)c1ccc(C)c(NC(=O)c2csc(-c3cnn(-c4ccccc4)c3)n2)c1. The zero-order valence-electron chi connectivity index (χ0n) is 17.1. The lowest BCUT2D eigenvalue weighted by atomic mass is 10.1. The predicted molar refractivity (Wildman–Crippen MR) is 122 cm³/mol. The van der Waals surface area contributed by atoms with Gasteiger partial charge in [-0.05, 0) is 43.7 Å². The van der Waals surface area contributed by atoms with Crippen molar-refractivity contribution in [1.82, 2.24) is 20.1 Å². The lowest BCUT2D eigenvalue weighted by molar-refractivity contribution is 0.0954. The smallest absolute Gasteiger partial charge is 0.275 e. The van der Waals surface area contributed by atoms with E-state index in [9.17, 15) is 9.59 Å². The lowest BCUT2D eigenvalue weighted by Gasteiger charge is -2.10. The monoisotopic (exact) mass is 431 g/mol. The van der Waals surface area contributed by atoms with E-state index >= 15 is 0 Å². The van der Waals surface area contributed by atoms with Gasteiger partial charge in [-0.15, -0.1) is 11.3 Å². The Morgan fingerprint density at radius 3 is 2.68 bits per heavy atom. The number of amides is 2. The van der Waals surface area contributed by atoms with Crippen LogP contribution < -0.4 is 10.6 Å². The molecule has 0 bridgehead atoms. The van der Waals surface area contributed by atoms with E-state index in [-0.39, 0.29) is 11.8 Å². The molecule has 0 spiro atoms. The summed E-state index contributed by atoms with van der Waals surface area (Å²) in [7, 11) is 0. The Hall–Kier alpha value is -3.78. The second-order valence-electron chi connectivity index (χ2n) is 6.89. The molecule has 2 aromatic heterocycles. The Kier molecular flexibility index (Phi) is 5.90. The first-order chi connectivity index (χ1) is 15.0. The van der Waals surface area contributed by atoms with E-state index < -0.39 is 0 Å². The number of anilines is 1. The molecule has 0 saturated carbocycles. The van der Waals surface area contributed by atoms with Gasteiger partial charge in [-0.25, -0.2) is 9.67 Å². The molecule has 0 aliphatic rings. The van der Waals surface area contributed by atoms with E-state index in [0.717, 1.165) is 16.8 Å². The highest BCUT2D eigenvalue weighted by Gasteiger charge is 2.15. The zero-order valence-corrected chi connectivity index (χ0v) is 17.9. The fourth-order valence-corrected chi connectivity index (χ4v) is 3.79. The van der Waals surface area contributed by atoms with Crippen molar-refractivity contribution in [1.29, 1.82) is 0 Å². The number of aryl methyl sites for hydroxylation is 1. The van der Waals surface area contributed by atoms with E-state index in [4.69, 9.17) is 0 Å². The topological polar surface area (TPSA) is 88.9 Å². The van der Waals surface area contributed by atoms with Crippen LogP contribution in [-0.4, -0.2) is 33.1 Å². The first-order valence-corrected chi connectivity index (χ1v) is 10.7. The van der Waals surface area contributed by atoms with Crippen LogP contribution in [-0.2, 0) is 0 Å². The number of carbonyl (C=O) groups excluding carboxylic acids is 2. The number of aromatic nitrogens is 3. The van der Waals surface area contributed by atoms with Crippen LogP contribution in [0.5, 0.6) is 0 Å². The Labute approximate surface area is 183 Å². The molecular weight excluding hydrogens is 410 g/mol. The summed E-state index contributed by atoms with van der Waals surface area (Å²) < 4.78 is 1.77. The number of hydrogen-bond donors (Lipinski definition) is 2. The van der Waals surface area contributed by atoms with Crippen molar-refractivity contribution in [3.05, 3.63) is 83.1 Å². The number of nitrogens with zero attached hydrogens (tertiary/aromatic N) is 3. The number of benzene rings is 2. The Morgan fingerprint density at radius 2 is 1.90 bits per heavy atom. The van der Waals surface area contributed by atoms with Crippen molar-refractivity contribution in [3.8, 4) is 16.3 Å². The third kappa shape index (κ3) is 4.54. The fourth-order valence-electron chi connectivity index (χ4n) is 3.01. The minimum absolute atomic E-state index is 0.177. The summed E-state index contributed by atoms with van der Waals surface area (Å²) in [6.45, 7) is 4.27. The van der Waals surface area contributed by atoms with E-state index in [1.165, 1.54) is 11.3 Å². The van der Waals surface area contributed by atoms with Crippen LogP contribution in [0.2, 0.25) is 0 Å². The summed E-state index contributed by atoms with van der Waals surface area (Å²) in [5.74, 6) is -0.501. The molecule has 156 valence electrons. The van der Waals surface area contributed by atoms with Gasteiger partial charge in [0.25, 0.3) is 11.8 Å². The summed E-state index contributed by atoms with van der Waals surface area (Å²) in [6.07, 6.45) is 3.61. The van der Waals surface area contributed by atoms with Gasteiger partial charge in [-0.1, -0.05) is 24.3 Å². The number of para-hydroxylation sites is 1. The van der Waals surface area contributed by atoms with Gasteiger partial charge in [0.1, 0.15) is 10.7 Å². The van der Waals surface area contributed by atoms with Gasteiger partial charge in [-0.3, -0.25) is 9.59 Å². The summed E-state index contributed by atoms with van der Waals surface area (Å²) in [5, 5.41) is 12.4. The Morgan fingerprint density at radius 1 is 1.10 bits per heavy atom. The average molecular weight is 432 g/mol. The standard InChI is InChI=1S/C23H21N5O2S/c1-3-24-21(29)16-10-9-15(2)19(11-16)26-22(30)20-14-31-23(27-20)17-12-25-28(13-17)18-7-5-4-6-8-18/h4-14H,3H2,1-2H3,(H,24,29)(H,26,30). The number of nitrogens with one attached hydrogen (secondary N) is 2. The summed E-state index contributed by atoms with van der Waals surface area (Å²) in [4.78, 5) is 29.3. The highest BCUT2D eigenvalue weighted by atomic mass is 32.1. The van der Waals surface area contributed by atoms with E-state index in [2.05, 4.69) is 20.7 Å². The molecule has 0 radical (unpaired) electrons. The molecule has 0 atom stereocenters. The first-order valence-electron chi connectivity index (χ1n) is 9.81. The molecule has 0 fully saturated rings. The molecule has 0 saturated heterocycles. The molecule has 2 heterocycles. The molecule has 31 heavy (non-hydrogen) atoms. The van der Waals surface area contributed by atoms with Crippen molar-refractivity contribution in [2.75, 3.05) is 11.9 Å². The normalized spacial score (nSPS) is 10.6. The number of carbonyl (C=O) groups is 2. The molecular formula is C23H21N5O2S. The van der Waals surface area contributed by atoms with Gasteiger partial charge >= 0.3 is 0 Å². The average Bonchev–Trinajstić information content (AvgIpc) is 3.46. The van der Waals surface area contributed by atoms with Crippen LogP contribution in [0.15, 0.2) is 66.3 Å². The lowest BCUT2D eigenvalue weighted by Crippen LogP contribution is -2.23. The van der Waals surface area contributed by atoms with Crippen LogP contribution >= 0.6 is 11.3 Å². The van der Waals surface area contributed by atoms with Crippen LogP contribution in [0.25, 0.3) is 16.3 Å². The predicted octanol–water partition coefficient (Wildman–Crippen LogP) is 4.31. The molecule has 4 aromatic rings. The van der Waals surface area contributed by atoms with Gasteiger partial charge in [0.2, 0.25) is 0 Å². The number of hydrogen-bond acceptors (Lipinski definition) is 5. The largest absolute Gasteiger partial charge is 0.352 e. The van der Waals surface area contributed by atoms with Gasteiger partial charge in [0, 0.05) is 34.9 Å². The third-order valence-corrected chi connectivity index (χ3v) is 5.56. The van der Waals surface area contributed by atoms with Crippen LogP contribution in [0.4, 0.5) is 5.69 Å². The van der Waals surface area contributed by atoms with Crippen LogP contribution in [0, 0.1) is 6.92 Å². The molecule has 0 unspecified atom stereocenters. The van der Waals surface area contributed by atoms with E-state index in [1.54, 1.807) is 28.4 Å². The molecule has 4 rings (SSSR count). The maximum absolute atomic E-state index is 12.8. The maximum Gasteiger partial charge on any atom is 0.275 e. The molecule has 7 nitrogen and oxygen atoms in total. The maximum atomic E-state index is 12.8. The Bertz CT molecular complexity index is 1230. The fraction of sp³-hybridized carbons (Fsp3) is 0.130.